The zero-order valence-electron chi connectivity index (χ0n) is 10.9. The number of nitrogens with one attached hydrogen (secondary N) is 1. The number of aromatic hydroxyl groups is 1. The maximum Gasteiger partial charge on any atom is 0.258 e. The third kappa shape index (κ3) is 2.49. The zero-order valence-corrected chi connectivity index (χ0v) is 10.9. The molecule has 0 radical (unpaired) electrons. The summed E-state index contributed by atoms with van der Waals surface area (Å²) in [5.74, 6) is 0.0700. The molecule has 5 heteroatoms. The number of hydrogen-bond acceptors (Lipinski definition) is 4. The second-order valence-corrected chi connectivity index (χ2v) is 4.67. The molecule has 0 aliphatic heterocycles. The number of hydrogen-bond donors (Lipinski definition) is 3. The molecule has 0 atom stereocenters. The van der Waals surface area contributed by atoms with Crippen molar-refractivity contribution in [3.63, 3.8) is 0 Å². The number of aromatic nitrogens is 2. The maximum absolute atomic E-state index is 11.9. The molecular weight excluding hydrogens is 218 g/mol. The second-order valence-electron chi connectivity index (χ2n) is 4.67. The van der Waals surface area contributed by atoms with Gasteiger partial charge >= 0.3 is 0 Å². The van der Waals surface area contributed by atoms with Crippen LogP contribution in [0.25, 0.3) is 0 Å². The SMILES string of the molecule is CCC(N)(CC)c1nc(O)c(C(C)C)c(=O)[nH]1. The molecule has 0 amide bonds. The van der Waals surface area contributed by atoms with E-state index in [-0.39, 0.29) is 17.4 Å². The minimum atomic E-state index is -0.688. The van der Waals surface area contributed by atoms with Crippen molar-refractivity contribution in [2.75, 3.05) is 0 Å². The van der Waals surface area contributed by atoms with E-state index in [1.165, 1.54) is 0 Å². The van der Waals surface area contributed by atoms with Crippen LogP contribution in [0.15, 0.2) is 4.79 Å². The summed E-state index contributed by atoms with van der Waals surface area (Å²) in [6.45, 7) is 7.52. The zero-order chi connectivity index (χ0) is 13.2. The highest BCUT2D eigenvalue weighted by atomic mass is 16.3. The van der Waals surface area contributed by atoms with Gasteiger partial charge in [-0.1, -0.05) is 27.7 Å². The van der Waals surface area contributed by atoms with Crippen LogP contribution in [0.4, 0.5) is 0 Å². The molecular formula is C12H21N3O2. The lowest BCUT2D eigenvalue weighted by Gasteiger charge is -2.25. The number of nitrogens with two attached hydrogens (primary N) is 1. The van der Waals surface area contributed by atoms with Gasteiger partial charge in [0.2, 0.25) is 5.88 Å². The first-order chi connectivity index (χ1) is 7.85. The van der Waals surface area contributed by atoms with Gasteiger partial charge in [0.25, 0.3) is 5.56 Å². The van der Waals surface area contributed by atoms with Gasteiger partial charge in [-0.25, -0.2) is 0 Å². The molecule has 0 fully saturated rings. The number of aromatic amines is 1. The topological polar surface area (TPSA) is 92.0 Å². The molecule has 0 spiro atoms. The molecule has 0 aliphatic rings. The van der Waals surface area contributed by atoms with Crippen LogP contribution in [-0.4, -0.2) is 15.1 Å². The summed E-state index contributed by atoms with van der Waals surface area (Å²) in [6.07, 6.45) is 1.29. The fourth-order valence-electron chi connectivity index (χ4n) is 1.81. The van der Waals surface area contributed by atoms with Crippen molar-refractivity contribution in [1.82, 2.24) is 9.97 Å². The molecule has 0 saturated heterocycles. The fourth-order valence-corrected chi connectivity index (χ4v) is 1.81. The largest absolute Gasteiger partial charge is 0.493 e. The van der Waals surface area contributed by atoms with Crippen molar-refractivity contribution in [1.29, 1.82) is 0 Å². The van der Waals surface area contributed by atoms with Crippen molar-refractivity contribution in [2.24, 2.45) is 5.73 Å². The van der Waals surface area contributed by atoms with Gasteiger partial charge in [0.15, 0.2) is 0 Å². The van der Waals surface area contributed by atoms with Crippen molar-refractivity contribution in [3.8, 4) is 5.88 Å². The normalized spacial score (nSPS) is 12.1. The Hall–Kier alpha value is -1.36. The fraction of sp³-hybridized carbons (Fsp3) is 0.667. The first-order valence-electron chi connectivity index (χ1n) is 5.98. The summed E-state index contributed by atoms with van der Waals surface area (Å²) >= 11 is 0. The van der Waals surface area contributed by atoms with E-state index in [9.17, 15) is 9.90 Å². The van der Waals surface area contributed by atoms with Crippen molar-refractivity contribution in [3.05, 3.63) is 21.7 Å². The van der Waals surface area contributed by atoms with E-state index in [1.807, 2.05) is 27.7 Å². The quantitative estimate of drug-likeness (QED) is 0.743. The van der Waals surface area contributed by atoms with E-state index in [4.69, 9.17) is 5.73 Å². The predicted molar refractivity (Wildman–Crippen MR) is 67.1 cm³/mol. The van der Waals surface area contributed by atoms with Gasteiger partial charge in [-0.15, -0.1) is 0 Å². The van der Waals surface area contributed by atoms with E-state index >= 15 is 0 Å². The Morgan fingerprint density at radius 1 is 1.41 bits per heavy atom. The van der Waals surface area contributed by atoms with Crippen LogP contribution in [0.3, 0.4) is 0 Å². The Bertz CT molecular complexity index is 448. The maximum atomic E-state index is 11.9. The Balaban J connectivity index is 3.38. The van der Waals surface area contributed by atoms with E-state index < -0.39 is 5.54 Å². The third-order valence-corrected chi connectivity index (χ3v) is 3.25. The van der Waals surface area contributed by atoms with Crippen LogP contribution in [-0.2, 0) is 5.54 Å². The lowest BCUT2D eigenvalue weighted by molar-refractivity contribution is 0.367. The molecule has 0 bridgehead atoms. The molecule has 17 heavy (non-hydrogen) atoms. The Kier molecular flexibility index (Phi) is 3.93. The first-order valence-corrected chi connectivity index (χ1v) is 5.98. The molecule has 1 heterocycles. The highest BCUT2D eigenvalue weighted by molar-refractivity contribution is 5.27. The van der Waals surface area contributed by atoms with Crippen LogP contribution in [0.5, 0.6) is 5.88 Å². The third-order valence-electron chi connectivity index (χ3n) is 3.25. The predicted octanol–water partition coefficient (Wildman–Crippen LogP) is 1.57. The van der Waals surface area contributed by atoms with Gasteiger partial charge in [0.1, 0.15) is 5.82 Å². The van der Waals surface area contributed by atoms with Gasteiger partial charge in [-0.05, 0) is 18.8 Å². The van der Waals surface area contributed by atoms with Gasteiger partial charge < -0.3 is 15.8 Å². The monoisotopic (exact) mass is 239 g/mol. The summed E-state index contributed by atoms with van der Waals surface area (Å²) in [5.41, 5.74) is 5.45. The highest BCUT2D eigenvalue weighted by Gasteiger charge is 2.28. The lowest BCUT2D eigenvalue weighted by Crippen LogP contribution is -2.39. The summed E-state index contributed by atoms with van der Waals surface area (Å²) in [5, 5.41) is 9.81. The molecule has 1 aromatic rings. The van der Waals surface area contributed by atoms with E-state index in [0.29, 0.717) is 24.2 Å². The number of rotatable bonds is 4. The number of nitrogens with zero attached hydrogens (tertiary/aromatic N) is 1. The Morgan fingerprint density at radius 2 is 1.94 bits per heavy atom. The number of H-pyrrole nitrogens is 1. The minimum absolute atomic E-state index is 0.0734. The van der Waals surface area contributed by atoms with Crippen molar-refractivity contribution in [2.45, 2.75) is 52.0 Å². The molecule has 0 saturated carbocycles. The van der Waals surface area contributed by atoms with Gasteiger partial charge in [-0.2, -0.15) is 4.98 Å². The molecule has 0 aliphatic carbocycles. The Morgan fingerprint density at radius 3 is 2.29 bits per heavy atom. The van der Waals surface area contributed by atoms with Crippen LogP contribution in [0.1, 0.15) is 57.8 Å². The molecule has 1 aromatic heterocycles. The Labute approximate surface area is 101 Å². The summed E-state index contributed by atoms with van der Waals surface area (Å²) in [7, 11) is 0. The highest BCUT2D eigenvalue weighted by Crippen LogP contribution is 2.25. The van der Waals surface area contributed by atoms with Gasteiger partial charge in [0.05, 0.1) is 11.1 Å². The summed E-state index contributed by atoms with van der Waals surface area (Å²) in [6, 6.07) is 0. The van der Waals surface area contributed by atoms with Crippen molar-refractivity contribution < 1.29 is 5.11 Å². The average molecular weight is 239 g/mol. The molecule has 0 aromatic carbocycles. The standard InChI is InChI=1S/C12H21N3O2/c1-5-12(13,6-2)11-14-9(16)8(7(3)4)10(17)15-11/h7H,5-6,13H2,1-4H3,(H2,14,15,16,17). The first kappa shape index (κ1) is 13.7. The van der Waals surface area contributed by atoms with Crippen molar-refractivity contribution >= 4 is 0 Å². The molecule has 0 unspecified atom stereocenters. The summed E-state index contributed by atoms with van der Waals surface area (Å²) in [4.78, 5) is 18.6. The van der Waals surface area contributed by atoms with Gasteiger partial charge in [0, 0.05) is 0 Å². The summed E-state index contributed by atoms with van der Waals surface area (Å²) < 4.78 is 0. The molecule has 4 N–H and O–H groups in total. The van der Waals surface area contributed by atoms with E-state index in [0.717, 1.165) is 0 Å². The van der Waals surface area contributed by atoms with Crippen LogP contribution < -0.4 is 11.3 Å². The molecule has 96 valence electrons. The smallest absolute Gasteiger partial charge is 0.258 e. The van der Waals surface area contributed by atoms with Crippen LogP contribution in [0, 0.1) is 0 Å². The second kappa shape index (κ2) is 4.87. The molecule has 5 nitrogen and oxygen atoms in total. The average Bonchev–Trinajstić information content (AvgIpc) is 2.26. The molecule has 1 rings (SSSR count). The van der Waals surface area contributed by atoms with Crippen LogP contribution >= 0.6 is 0 Å². The minimum Gasteiger partial charge on any atom is -0.493 e. The van der Waals surface area contributed by atoms with Crippen LogP contribution in [0.2, 0.25) is 0 Å². The van der Waals surface area contributed by atoms with E-state index in [2.05, 4.69) is 9.97 Å². The lowest BCUT2D eigenvalue weighted by atomic mass is 9.93. The van der Waals surface area contributed by atoms with E-state index in [1.54, 1.807) is 0 Å². The van der Waals surface area contributed by atoms with Gasteiger partial charge in [-0.3, -0.25) is 4.79 Å².